The van der Waals surface area contributed by atoms with Crippen LogP contribution in [0.3, 0.4) is 0 Å². The third-order valence-electron chi connectivity index (χ3n) is 3.36. The second-order valence-corrected chi connectivity index (χ2v) is 6.70. The van der Waals surface area contributed by atoms with Gasteiger partial charge in [0.2, 0.25) is 0 Å². The summed E-state index contributed by atoms with van der Waals surface area (Å²) in [6.45, 7) is 2.02. The van der Waals surface area contributed by atoms with Gasteiger partial charge in [0.15, 0.2) is 4.96 Å². The number of ether oxygens (including phenoxy) is 2. The summed E-state index contributed by atoms with van der Waals surface area (Å²) in [4.78, 5) is 28.7. The van der Waals surface area contributed by atoms with Crippen LogP contribution in [0.15, 0.2) is 38.9 Å². The van der Waals surface area contributed by atoms with Crippen molar-refractivity contribution < 1.29 is 14.3 Å². The fourth-order valence-electron chi connectivity index (χ4n) is 2.19. The first-order valence-electron chi connectivity index (χ1n) is 6.97. The predicted molar refractivity (Wildman–Crippen MR) is 93.9 cm³/mol. The number of carbonyl (C=O) groups is 1. The zero-order valence-electron chi connectivity index (χ0n) is 12.9. The van der Waals surface area contributed by atoms with E-state index in [1.165, 1.54) is 24.5 Å². The quantitative estimate of drug-likeness (QED) is 0.619. The lowest BCUT2D eigenvalue weighted by Crippen LogP contribution is -2.16. The maximum atomic E-state index is 12.1. The van der Waals surface area contributed by atoms with Crippen LogP contribution in [0.4, 0.5) is 0 Å². The van der Waals surface area contributed by atoms with E-state index in [2.05, 4.69) is 25.7 Å². The van der Waals surface area contributed by atoms with Crippen LogP contribution in [0.25, 0.3) is 4.96 Å². The monoisotopic (exact) mass is 408 g/mol. The average Bonchev–Trinajstić information content (AvgIpc) is 2.94. The van der Waals surface area contributed by atoms with Crippen LogP contribution in [-0.4, -0.2) is 22.5 Å². The maximum absolute atomic E-state index is 12.1. The fraction of sp³-hybridized carbons (Fsp3) is 0.188. The van der Waals surface area contributed by atoms with Gasteiger partial charge in [-0.1, -0.05) is 0 Å². The zero-order valence-corrected chi connectivity index (χ0v) is 15.3. The first-order chi connectivity index (χ1) is 11.5. The van der Waals surface area contributed by atoms with Gasteiger partial charge in [0.25, 0.3) is 5.56 Å². The number of thiazole rings is 1. The maximum Gasteiger partial charge on any atom is 0.337 e. The number of hydrogen-bond donors (Lipinski definition) is 0. The van der Waals surface area contributed by atoms with Gasteiger partial charge in [-0.2, -0.15) is 0 Å². The molecule has 0 aliphatic carbocycles. The van der Waals surface area contributed by atoms with Crippen molar-refractivity contribution in [3.05, 3.63) is 61.4 Å². The molecular formula is C16H13BrN2O4S. The number of esters is 1. The van der Waals surface area contributed by atoms with Gasteiger partial charge in [0, 0.05) is 17.1 Å². The Bertz CT molecular complexity index is 980. The Morgan fingerprint density at radius 3 is 2.88 bits per heavy atom. The number of carbonyl (C=O) groups excluding carboxylic acids is 1. The number of methoxy groups -OCH3 is 1. The third kappa shape index (κ3) is 3.20. The molecule has 2 heterocycles. The molecular weight excluding hydrogens is 396 g/mol. The second-order valence-electron chi connectivity index (χ2n) is 5.01. The Morgan fingerprint density at radius 1 is 1.38 bits per heavy atom. The highest BCUT2D eigenvalue weighted by Crippen LogP contribution is 2.27. The number of benzene rings is 1. The number of rotatable bonds is 4. The molecule has 0 unspecified atom stereocenters. The highest BCUT2D eigenvalue weighted by Gasteiger charge is 2.11. The summed E-state index contributed by atoms with van der Waals surface area (Å²) < 4.78 is 12.6. The number of halogens is 1. The summed E-state index contributed by atoms with van der Waals surface area (Å²) in [5.41, 5.74) is 1.70. The molecule has 0 radical (unpaired) electrons. The van der Waals surface area contributed by atoms with E-state index < -0.39 is 5.97 Å². The average molecular weight is 409 g/mol. The van der Waals surface area contributed by atoms with Crippen molar-refractivity contribution in [1.29, 1.82) is 0 Å². The Kier molecular flexibility index (Phi) is 4.68. The molecule has 0 fully saturated rings. The SMILES string of the molecule is COC(=O)c1ccc(OCc2cc(=O)n3c(C)csc3n2)c(Br)c1. The van der Waals surface area contributed by atoms with E-state index in [0.29, 0.717) is 26.4 Å². The van der Waals surface area contributed by atoms with Crippen molar-refractivity contribution in [2.75, 3.05) is 7.11 Å². The Balaban J connectivity index is 1.81. The summed E-state index contributed by atoms with van der Waals surface area (Å²) in [5, 5.41) is 1.89. The van der Waals surface area contributed by atoms with Gasteiger partial charge in [0.1, 0.15) is 12.4 Å². The summed E-state index contributed by atoms with van der Waals surface area (Å²) in [6.07, 6.45) is 0. The molecule has 3 aromatic rings. The number of hydrogen-bond acceptors (Lipinski definition) is 6. The molecule has 0 saturated heterocycles. The Labute approximate surface area is 149 Å². The van der Waals surface area contributed by atoms with Gasteiger partial charge < -0.3 is 9.47 Å². The Morgan fingerprint density at radius 2 is 2.17 bits per heavy atom. The molecule has 0 bridgehead atoms. The van der Waals surface area contributed by atoms with Gasteiger partial charge in [-0.05, 0) is 41.1 Å². The van der Waals surface area contributed by atoms with E-state index in [1.54, 1.807) is 22.6 Å². The molecule has 0 atom stereocenters. The summed E-state index contributed by atoms with van der Waals surface area (Å²) in [7, 11) is 1.33. The number of nitrogens with zero attached hydrogens (tertiary/aromatic N) is 2. The molecule has 0 saturated carbocycles. The molecule has 0 amide bonds. The number of aromatic nitrogens is 2. The van der Waals surface area contributed by atoms with Crippen LogP contribution in [0.2, 0.25) is 0 Å². The van der Waals surface area contributed by atoms with Crippen molar-refractivity contribution in [3.63, 3.8) is 0 Å². The minimum atomic E-state index is -0.421. The molecule has 1 aromatic carbocycles. The van der Waals surface area contributed by atoms with Gasteiger partial charge in [-0.15, -0.1) is 11.3 Å². The largest absolute Gasteiger partial charge is 0.486 e. The fourth-order valence-corrected chi connectivity index (χ4v) is 3.57. The summed E-state index contributed by atoms with van der Waals surface area (Å²) in [5.74, 6) is 0.127. The van der Waals surface area contributed by atoms with Crippen LogP contribution in [0.5, 0.6) is 5.75 Å². The van der Waals surface area contributed by atoms with Gasteiger partial charge in [0.05, 0.1) is 22.8 Å². The molecule has 2 aromatic heterocycles. The highest BCUT2D eigenvalue weighted by molar-refractivity contribution is 9.10. The lowest BCUT2D eigenvalue weighted by molar-refractivity contribution is 0.0600. The normalized spacial score (nSPS) is 10.8. The zero-order chi connectivity index (χ0) is 17.3. The van der Waals surface area contributed by atoms with Crippen molar-refractivity contribution >= 4 is 38.2 Å². The van der Waals surface area contributed by atoms with Crippen LogP contribution in [0.1, 0.15) is 21.7 Å². The van der Waals surface area contributed by atoms with E-state index in [0.717, 1.165) is 5.69 Å². The minimum absolute atomic E-state index is 0.127. The van der Waals surface area contributed by atoms with E-state index in [4.69, 9.17) is 4.74 Å². The highest BCUT2D eigenvalue weighted by atomic mass is 79.9. The van der Waals surface area contributed by atoms with Crippen molar-refractivity contribution in [1.82, 2.24) is 9.38 Å². The predicted octanol–water partition coefficient (Wildman–Crippen LogP) is 3.19. The van der Waals surface area contributed by atoms with Gasteiger partial charge >= 0.3 is 5.97 Å². The number of aryl methyl sites for hydroxylation is 1. The van der Waals surface area contributed by atoms with Crippen molar-refractivity contribution in [3.8, 4) is 5.75 Å². The molecule has 3 rings (SSSR count). The first kappa shape index (κ1) is 16.7. The summed E-state index contributed by atoms with van der Waals surface area (Å²) in [6, 6.07) is 6.36. The molecule has 124 valence electrons. The first-order valence-corrected chi connectivity index (χ1v) is 8.64. The molecule has 8 heteroatoms. The molecule has 0 N–H and O–H groups in total. The lowest BCUT2D eigenvalue weighted by atomic mass is 10.2. The standard InChI is InChI=1S/C16H13BrN2O4S/c1-9-8-24-16-18-11(6-14(20)19(9)16)7-23-13-4-3-10(5-12(13)17)15(21)22-2/h3-6,8H,7H2,1-2H3. The van der Waals surface area contributed by atoms with Crippen LogP contribution >= 0.6 is 27.3 Å². The van der Waals surface area contributed by atoms with Crippen LogP contribution < -0.4 is 10.3 Å². The molecule has 0 aliphatic rings. The summed E-state index contributed by atoms with van der Waals surface area (Å²) >= 11 is 4.77. The third-order valence-corrected chi connectivity index (χ3v) is 4.92. The van der Waals surface area contributed by atoms with Gasteiger partial charge in [-0.25, -0.2) is 9.78 Å². The number of fused-ring (bicyclic) bond motifs is 1. The van der Waals surface area contributed by atoms with Crippen molar-refractivity contribution in [2.45, 2.75) is 13.5 Å². The molecule has 0 aliphatic heterocycles. The molecule has 0 spiro atoms. The van der Waals surface area contributed by atoms with Crippen molar-refractivity contribution in [2.24, 2.45) is 0 Å². The van der Waals surface area contributed by atoms with E-state index in [1.807, 2.05) is 12.3 Å². The van der Waals surface area contributed by atoms with Gasteiger partial charge in [-0.3, -0.25) is 9.20 Å². The molecule has 6 nitrogen and oxygen atoms in total. The topological polar surface area (TPSA) is 69.9 Å². The lowest BCUT2D eigenvalue weighted by Gasteiger charge is -2.09. The van der Waals surface area contributed by atoms with E-state index >= 15 is 0 Å². The smallest absolute Gasteiger partial charge is 0.337 e. The second kappa shape index (κ2) is 6.74. The van der Waals surface area contributed by atoms with Crippen LogP contribution in [0, 0.1) is 6.92 Å². The van der Waals surface area contributed by atoms with E-state index in [9.17, 15) is 9.59 Å². The van der Waals surface area contributed by atoms with Crippen LogP contribution in [-0.2, 0) is 11.3 Å². The van der Waals surface area contributed by atoms with E-state index in [-0.39, 0.29) is 12.2 Å². The Hall–Kier alpha value is -2.19. The minimum Gasteiger partial charge on any atom is -0.486 e. The molecule has 24 heavy (non-hydrogen) atoms.